The highest BCUT2D eigenvalue weighted by Crippen LogP contribution is 2.35. The highest BCUT2D eigenvalue weighted by Gasteiger charge is 2.36. The molecule has 2 rings (SSSR count). The van der Waals surface area contributed by atoms with Gasteiger partial charge in [0.25, 0.3) is 0 Å². The molecule has 0 bridgehead atoms. The monoisotopic (exact) mass is 349 g/mol. The molecule has 2 unspecified atom stereocenters. The van der Waals surface area contributed by atoms with Crippen LogP contribution in [0.2, 0.25) is 0 Å². The van der Waals surface area contributed by atoms with E-state index >= 15 is 0 Å². The number of anilines is 1. The third kappa shape index (κ3) is 2.42. The first-order chi connectivity index (χ1) is 11.2. The second kappa shape index (κ2) is 6.18. The molecule has 24 heavy (non-hydrogen) atoms. The van der Waals surface area contributed by atoms with E-state index in [0.717, 1.165) is 10.8 Å². The van der Waals surface area contributed by atoms with E-state index in [-0.39, 0.29) is 22.4 Å². The van der Waals surface area contributed by atoms with Crippen molar-refractivity contribution in [3.05, 3.63) is 53.8 Å². The molecule has 0 aliphatic rings. The molecule has 1 aromatic heterocycles. The Morgan fingerprint density at radius 2 is 2.04 bits per heavy atom. The number of halogens is 3. The van der Waals surface area contributed by atoms with Gasteiger partial charge in [0, 0.05) is 11.1 Å². The van der Waals surface area contributed by atoms with Gasteiger partial charge in [0.15, 0.2) is 11.6 Å². The average molecular weight is 349 g/mol. The number of alkyl halides is 1. The number of benzene rings is 1. The van der Waals surface area contributed by atoms with E-state index in [1.807, 2.05) is 0 Å². The molecule has 3 nitrogen and oxygen atoms in total. The first-order valence-electron chi connectivity index (χ1n) is 6.77. The van der Waals surface area contributed by atoms with Crippen LogP contribution in [0.5, 0.6) is 0 Å². The maximum Gasteiger partial charge on any atom is 0.217 e. The lowest BCUT2D eigenvalue weighted by molar-refractivity contribution is 0.307. The van der Waals surface area contributed by atoms with Gasteiger partial charge in [-0.25, -0.2) is 17.9 Å². The summed E-state index contributed by atoms with van der Waals surface area (Å²) < 4.78 is 45.2. The van der Waals surface area contributed by atoms with Crippen molar-refractivity contribution in [3.8, 4) is 18.0 Å². The van der Waals surface area contributed by atoms with Crippen LogP contribution in [0.4, 0.5) is 19.0 Å². The molecule has 0 amide bonds. The molecule has 7 heteroatoms. The highest BCUT2D eigenvalue weighted by molar-refractivity contribution is 7.28. The molecule has 0 aliphatic carbocycles. The van der Waals surface area contributed by atoms with Gasteiger partial charge in [-0.05, 0) is 18.3 Å². The van der Waals surface area contributed by atoms with Crippen molar-refractivity contribution < 1.29 is 13.2 Å². The fourth-order valence-corrected chi connectivity index (χ4v) is 2.92. The first kappa shape index (κ1) is 17.8. The number of nitrogens with two attached hydrogens (primary N) is 1. The van der Waals surface area contributed by atoms with Gasteiger partial charge < -0.3 is 5.73 Å². The second-order valence-electron chi connectivity index (χ2n) is 5.07. The minimum atomic E-state index is -2.68. The van der Waals surface area contributed by atoms with Gasteiger partial charge >= 0.3 is 0 Å². The predicted molar refractivity (Wildman–Crippen MR) is 93.9 cm³/mol. The molecule has 0 saturated carbocycles. The van der Waals surface area contributed by atoms with Gasteiger partial charge in [0.05, 0.1) is 11.8 Å². The van der Waals surface area contributed by atoms with Crippen molar-refractivity contribution in [3.63, 3.8) is 0 Å². The number of hydrogen-bond acceptors (Lipinski definition) is 2. The van der Waals surface area contributed by atoms with Crippen LogP contribution >= 0.6 is 9.24 Å². The number of aromatic nitrogens is 2. The van der Waals surface area contributed by atoms with Crippen LogP contribution in [-0.4, -0.2) is 9.78 Å². The van der Waals surface area contributed by atoms with Crippen LogP contribution in [0, 0.1) is 30.9 Å². The molecule has 0 saturated heterocycles. The number of rotatable bonds is 4. The molecule has 1 heterocycles. The number of nitrogens with zero attached hydrogens (tertiary/aromatic N) is 2. The van der Waals surface area contributed by atoms with Gasteiger partial charge in [0.2, 0.25) is 5.67 Å². The maximum absolute atomic E-state index is 14.8. The van der Waals surface area contributed by atoms with E-state index in [4.69, 9.17) is 12.2 Å². The lowest BCUT2D eigenvalue weighted by Gasteiger charge is -2.23. The van der Waals surface area contributed by atoms with Crippen molar-refractivity contribution >= 4 is 26.4 Å². The summed E-state index contributed by atoms with van der Waals surface area (Å²) in [6.45, 7) is 8.51. The smallest absolute Gasteiger partial charge is 0.217 e. The Hall–Kier alpha value is -2.51. The summed E-state index contributed by atoms with van der Waals surface area (Å²) in [6.07, 6.45) is 8.53. The van der Waals surface area contributed by atoms with E-state index in [1.54, 1.807) is 12.8 Å². The minimum Gasteiger partial charge on any atom is -0.383 e. The van der Waals surface area contributed by atoms with E-state index in [1.165, 1.54) is 12.3 Å². The van der Waals surface area contributed by atoms with Gasteiger partial charge in [-0.15, -0.1) is 15.7 Å². The van der Waals surface area contributed by atoms with Crippen LogP contribution in [0.25, 0.3) is 11.8 Å². The third-order valence-electron chi connectivity index (χ3n) is 3.70. The molecule has 2 aromatic rings. The molecule has 0 spiro atoms. The summed E-state index contributed by atoms with van der Waals surface area (Å²) in [5.74, 6) is -0.851. The Balaban J connectivity index is 2.98. The van der Waals surface area contributed by atoms with Crippen LogP contribution in [0.15, 0.2) is 25.4 Å². The second-order valence-corrected chi connectivity index (χ2v) is 5.65. The fourth-order valence-electron chi connectivity index (χ4n) is 2.33. The van der Waals surface area contributed by atoms with E-state index in [0.29, 0.717) is 5.56 Å². The van der Waals surface area contributed by atoms with Crippen LogP contribution < -0.4 is 11.0 Å². The summed E-state index contributed by atoms with van der Waals surface area (Å²) in [5, 5.41) is 3.95. The Labute approximate surface area is 140 Å². The molecule has 124 valence electrons. The van der Waals surface area contributed by atoms with Gasteiger partial charge in [-0.1, -0.05) is 25.2 Å². The lowest BCUT2D eigenvalue weighted by atomic mass is 9.92. The number of allylic oxidation sites excluding steroid dienone is 1. The highest BCUT2D eigenvalue weighted by atomic mass is 31.0. The quantitative estimate of drug-likeness (QED) is 0.523. The lowest BCUT2D eigenvalue weighted by Crippen LogP contribution is -2.27. The van der Waals surface area contributed by atoms with E-state index in [9.17, 15) is 13.2 Å². The Bertz CT molecular complexity index is 896. The van der Waals surface area contributed by atoms with Crippen molar-refractivity contribution in [2.24, 2.45) is 0 Å². The Morgan fingerprint density at radius 3 is 2.46 bits per heavy atom. The van der Waals surface area contributed by atoms with Gasteiger partial charge in [-0.3, -0.25) is 0 Å². The SMILES string of the molecule is C#CC(F)(C=C)c1c(F)c(F)c(-n2ncc(C)c2N)c(C=C)c1P. The number of nitrogen functional groups attached to an aromatic ring is 1. The summed E-state index contributed by atoms with van der Waals surface area (Å²) >= 11 is 0. The number of hydrogen-bond donors (Lipinski definition) is 1. The van der Waals surface area contributed by atoms with Crippen molar-refractivity contribution in [1.29, 1.82) is 0 Å². The van der Waals surface area contributed by atoms with Crippen LogP contribution in [0.3, 0.4) is 0 Å². The molecular weight excluding hydrogens is 334 g/mol. The van der Waals surface area contributed by atoms with Crippen molar-refractivity contribution in [1.82, 2.24) is 9.78 Å². The molecule has 0 aliphatic heterocycles. The molecule has 2 N–H and O–H groups in total. The molecular formula is C17H15F3N3P. The van der Waals surface area contributed by atoms with Gasteiger partial charge in [-0.2, -0.15) is 5.10 Å². The molecule has 0 radical (unpaired) electrons. The third-order valence-corrected chi connectivity index (χ3v) is 4.30. The number of terminal acetylenes is 1. The zero-order valence-electron chi connectivity index (χ0n) is 12.9. The van der Waals surface area contributed by atoms with E-state index < -0.39 is 22.9 Å². The summed E-state index contributed by atoms with van der Waals surface area (Å²) in [7, 11) is 2.16. The molecule has 1 aromatic carbocycles. The summed E-state index contributed by atoms with van der Waals surface area (Å²) in [6, 6.07) is 0. The van der Waals surface area contributed by atoms with Crippen molar-refractivity contribution in [2.45, 2.75) is 12.6 Å². The zero-order valence-corrected chi connectivity index (χ0v) is 14.1. The number of aryl methyl sites for hydroxylation is 1. The minimum absolute atomic E-state index is 0.00630. The summed E-state index contributed by atoms with van der Waals surface area (Å²) in [4.78, 5) is 0. The van der Waals surface area contributed by atoms with Crippen LogP contribution in [-0.2, 0) is 5.67 Å². The Morgan fingerprint density at radius 1 is 1.42 bits per heavy atom. The molecule has 0 fully saturated rings. The maximum atomic E-state index is 14.8. The van der Waals surface area contributed by atoms with Crippen molar-refractivity contribution in [2.75, 3.05) is 5.73 Å². The zero-order chi connectivity index (χ0) is 18.2. The Kier molecular flexibility index (Phi) is 4.59. The summed E-state index contributed by atoms with van der Waals surface area (Å²) in [5.41, 5.74) is 2.93. The standard InChI is InChI=1S/C17H15F3N3P/c1-5-10-14(23-16(21)9(4)8-22-23)13(19)12(18)11(15(10)24)17(20,6-2)7-3/h2,5,7-8H,1,3,21,24H2,4H3. The average Bonchev–Trinajstić information content (AvgIpc) is 2.89. The normalized spacial score (nSPS) is 13.2. The predicted octanol–water partition coefficient (Wildman–Crippen LogP) is 3.17. The largest absolute Gasteiger partial charge is 0.383 e. The van der Waals surface area contributed by atoms with Gasteiger partial charge in [0.1, 0.15) is 11.5 Å². The topological polar surface area (TPSA) is 43.8 Å². The first-order valence-corrected chi connectivity index (χ1v) is 7.35. The van der Waals surface area contributed by atoms with E-state index in [2.05, 4.69) is 27.5 Å². The molecule has 2 atom stereocenters. The van der Waals surface area contributed by atoms with Crippen LogP contribution in [0.1, 0.15) is 16.7 Å². The fraction of sp³-hybridized carbons (Fsp3) is 0.118.